The number of thiazole rings is 1. The highest BCUT2D eigenvalue weighted by molar-refractivity contribution is 9.10. The van der Waals surface area contributed by atoms with Crippen molar-refractivity contribution in [1.29, 1.82) is 0 Å². The molecule has 0 bridgehead atoms. The lowest BCUT2D eigenvalue weighted by molar-refractivity contribution is 0.102. The molecule has 0 spiro atoms. The molecule has 0 saturated heterocycles. The van der Waals surface area contributed by atoms with Crippen LogP contribution in [0.3, 0.4) is 0 Å². The summed E-state index contributed by atoms with van der Waals surface area (Å²) in [4.78, 5) is 16.9. The van der Waals surface area contributed by atoms with E-state index in [2.05, 4.69) is 32.3 Å². The smallest absolute Gasteiger partial charge is 0.255 e. The van der Waals surface area contributed by atoms with E-state index >= 15 is 0 Å². The molecule has 122 valence electrons. The molecular formula is C20H13BrN2OS. The van der Waals surface area contributed by atoms with Crippen LogP contribution >= 0.6 is 27.3 Å². The molecule has 0 unspecified atom stereocenters. The lowest BCUT2D eigenvalue weighted by atomic mass is 10.2. The van der Waals surface area contributed by atoms with Gasteiger partial charge in [-0.15, -0.1) is 11.3 Å². The quantitative estimate of drug-likeness (QED) is 0.453. The van der Waals surface area contributed by atoms with Gasteiger partial charge in [0.15, 0.2) is 0 Å². The Labute approximate surface area is 157 Å². The molecule has 3 nitrogen and oxygen atoms in total. The van der Waals surface area contributed by atoms with E-state index in [4.69, 9.17) is 0 Å². The van der Waals surface area contributed by atoms with Gasteiger partial charge < -0.3 is 5.32 Å². The fourth-order valence-electron chi connectivity index (χ4n) is 2.50. The first-order valence-electron chi connectivity index (χ1n) is 7.72. The standard InChI is InChI=1S/C20H13BrN2OS/c21-15-9-5-13(6-10-15)19(24)22-16-11-7-14(8-12-16)20-23-17-3-1-2-4-18(17)25-20/h1-12H,(H,22,24). The summed E-state index contributed by atoms with van der Waals surface area (Å²) in [5.74, 6) is -0.125. The zero-order valence-electron chi connectivity index (χ0n) is 13.1. The Morgan fingerprint density at radius 2 is 1.64 bits per heavy atom. The minimum Gasteiger partial charge on any atom is -0.322 e. The van der Waals surface area contributed by atoms with Gasteiger partial charge in [-0.05, 0) is 60.7 Å². The number of nitrogens with one attached hydrogen (secondary N) is 1. The van der Waals surface area contributed by atoms with Crippen LogP contribution in [0, 0.1) is 0 Å². The minimum atomic E-state index is -0.125. The molecule has 1 N–H and O–H groups in total. The lowest BCUT2D eigenvalue weighted by Crippen LogP contribution is -2.11. The van der Waals surface area contributed by atoms with Crippen molar-refractivity contribution in [3.8, 4) is 10.6 Å². The summed E-state index contributed by atoms with van der Waals surface area (Å²) in [6.07, 6.45) is 0. The Hall–Kier alpha value is -2.50. The molecule has 1 heterocycles. The van der Waals surface area contributed by atoms with Crippen molar-refractivity contribution in [1.82, 2.24) is 4.98 Å². The second-order valence-corrected chi connectivity index (χ2v) is 7.47. The number of aromatic nitrogens is 1. The Morgan fingerprint density at radius 1 is 0.920 bits per heavy atom. The van der Waals surface area contributed by atoms with Crippen LogP contribution in [-0.4, -0.2) is 10.9 Å². The van der Waals surface area contributed by atoms with Gasteiger partial charge in [-0.1, -0.05) is 28.1 Å². The molecule has 4 rings (SSSR count). The monoisotopic (exact) mass is 408 g/mol. The van der Waals surface area contributed by atoms with E-state index in [0.29, 0.717) is 5.56 Å². The van der Waals surface area contributed by atoms with Crippen molar-refractivity contribution >= 4 is 49.1 Å². The average molecular weight is 409 g/mol. The Bertz CT molecular complexity index is 1010. The fraction of sp³-hybridized carbons (Fsp3) is 0. The first-order valence-corrected chi connectivity index (χ1v) is 9.33. The summed E-state index contributed by atoms with van der Waals surface area (Å²) in [5, 5.41) is 3.89. The first-order chi connectivity index (χ1) is 12.2. The maximum absolute atomic E-state index is 12.3. The SMILES string of the molecule is O=C(Nc1ccc(-c2nc3ccccc3s2)cc1)c1ccc(Br)cc1. The van der Waals surface area contributed by atoms with Crippen molar-refractivity contribution < 1.29 is 4.79 Å². The van der Waals surface area contributed by atoms with E-state index in [1.807, 2.05) is 54.6 Å². The number of anilines is 1. The highest BCUT2D eigenvalue weighted by Crippen LogP contribution is 2.30. The molecule has 0 aliphatic heterocycles. The van der Waals surface area contributed by atoms with Crippen LogP contribution in [0.1, 0.15) is 10.4 Å². The van der Waals surface area contributed by atoms with Crippen LogP contribution in [-0.2, 0) is 0 Å². The van der Waals surface area contributed by atoms with Crippen molar-refractivity contribution in [2.24, 2.45) is 0 Å². The van der Waals surface area contributed by atoms with Gasteiger partial charge in [0, 0.05) is 21.3 Å². The molecule has 0 atom stereocenters. The van der Waals surface area contributed by atoms with E-state index in [0.717, 1.165) is 26.2 Å². The van der Waals surface area contributed by atoms with Crippen molar-refractivity contribution in [2.75, 3.05) is 5.32 Å². The molecule has 0 aliphatic carbocycles. The summed E-state index contributed by atoms with van der Waals surface area (Å²) in [6.45, 7) is 0. The zero-order valence-corrected chi connectivity index (χ0v) is 15.5. The van der Waals surface area contributed by atoms with Crippen LogP contribution in [0.15, 0.2) is 77.3 Å². The van der Waals surface area contributed by atoms with E-state index in [9.17, 15) is 4.79 Å². The molecule has 0 aliphatic rings. The molecule has 0 saturated carbocycles. The molecule has 25 heavy (non-hydrogen) atoms. The van der Waals surface area contributed by atoms with Crippen molar-refractivity contribution in [3.63, 3.8) is 0 Å². The molecule has 0 fully saturated rings. The maximum atomic E-state index is 12.3. The summed E-state index contributed by atoms with van der Waals surface area (Å²) in [7, 11) is 0. The largest absolute Gasteiger partial charge is 0.322 e. The van der Waals surface area contributed by atoms with Gasteiger partial charge in [0.05, 0.1) is 10.2 Å². The molecular weight excluding hydrogens is 396 g/mol. The second kappa shape index (κ2) is 6.78. The highest BCUT2D eigenvalue weighted by atomic mass is 79.9. The highest BCUT2D eigenvalue weighted by Gasteiger charge is 2.08. The third-order valence-electron chi connectivity index (χ3n) is 3.79. The minimum absolute atomic E-state index is 0.125. The van der Waals surface area contributed by atoms with Crippen LogP contribution in [0.4, 0.5) is 5.69 Å². The normalized spacial score (nSPS) is 10.8. The van der Waals surface area contributed by atoms with Gasteiger partial charge in [0.2, 0.25) is 0 Å². The summed E-state index contributed by atoms with van der Waals surface area (Å²) in [5.41, 5.74) is 3.44. The van der Waals surface area contributed by atoms with Crippen LogP contribution < -0.4 is 5.32 Å². The summed E-state index contributed by atoms with van der Waals surface area (Å²) >= 11 is 5.03. The predicted molar refractivity (Wildman–Crippen MR) is 107 cm³/mol. The van der Waals surface area contributed by atoms with E-state index < -0.39 is 0 Å². The zero-order chi connectivity index (χ0) is 17.2. The van der Waals surface area contributed by atoms with E-state index in [1.165, 1.54) is 4.70 Å². The number of hydrogen-bond acceptors (Lipinski definition) is 3. The third-order valence-corrected chi connectivity index (χ3v) is 5.40. The Kier molecular flexibility index (Phi) is 4.34. The van der Waals surface area contributed by atoms with Gasteiger partial charge in [-0.25, -0.2) is 4.98 Å². The van der Waals surface area contributed by atoms with Gasteiger partial charge in [-0.2, -0.15) is 0 Å². The molecule has 3 aromatic carbocycles. The molecule has 5 heteroatoms. The molecule has 0 radical (unpaired) electrons. The topological polar surface area (TPSA) is 42.0 Å². The number of amides is 1. The second-order valence-electron chi connectivity index (χ2n) is 5.53. The van der Waals surface area contributed by atoms with Crippen molar-refractivity contribution in [2.45, 2.75) is 0 Å². The lowest BCUT2D eigenvalue weighted by Gasteiger charge is -2.06. The number of para-hydroxylation sites is 1. The van der Waals surface area contributed by atoms with Gasteiger partial charge in [-0.3, -0.25) is 4.79 Å². The average Bonchev–Trinajstić information content (AvgIpc) is 3.07. The Balaban J connectivity index is 1.53. The van der Waals surface area contributed by atoms with Gasteiger partial charge >= 0.3 is 0 Å². The van der Waals surface area contributed by atoms with Gasteiger partial charge in [0.1, 0.15) is 5.01 Å². The first kappa shape index (κ1) is 16.0. The number of carbonyl (C=O) groups is 1. The van der Waals surface area contributed by atoms with Crippen LogP contribution in [0.2, 0.25) is 0 Å². The van der Waals surface area contributed by atoms with Crippen molar-refractivity contribution in [3.05, 3.63) is 82.8 Å². The number of rotatable bonds is 3. The van der Waals surface area contributed by atoms with Gasteiger partial charge in [0.25, 0.3) is 5.91 Å². The number of nitrogens with zero attached hydrogens (tertiary/aromatic N) is 1. The summed E-state index contributed by atoms with van der Waals surface area (Å²) < 4.78 is 2.12. The number of fused-ring (bicyclic) bond motifs is 1. The number of hydrogen-bond donors (Lipinski definition) is 1. The Morgan fingerprint density at radius 3 is 2.36 bits per heavy atom. The maximum Gasteiger partial charge on any atom is 0.255 e. The number of halogens is 1. The molecule has 4 aromatic rings. The number of benzene rings is 3. The third kappa shape index (κ3) is 3.48. The van der Waals surface area contributed by atoms with Crippen LogP contribution in [0.5, 0.6) is 0 Å². The van der Waals surface area contributed by atoms with Crippen LogP contribution in [0.25, 0.3) is 20.8 Å². The van der Waals surface area contributed by atoms with E-state index in [-0.39, 0.29) is 5.91 Å². The van der Waals surface area contributed by atoms with E-state index in [1.54, 1.807) is 23.5 Å². The molecule has 1 aromatic heterocycles. The summed E-state index contributed by atoms with van der Waals surface area (Å²) in [6, 6.07) is 23.1. The number of carbonyl (C=O) groups excluding carboxylic acids is 1. The fourth-order valence-corrected chi connectivity index (χ4v) is 3.73. The molecule has 1 amide bonds. The predicted octanol–water partition coefficient (Wildman–Crippen LogP) is 5.98.